The van der Waals surface area contributed by atoms with Crippen LogP contribution in [0.5, 0.6) is 0 Å². The Morgan fingerprint density at radius 3 is 2.65 bits per heavy atom. The Labute approximate surface area is 104 Å². The van der Waals surface area contributed by atoms with Gasteiger partial charge in [0, 0.05) is 19.3 Å². The summed E-state index contributed by atoms with van der Waals surface area (Å²) in [6.45, 7) is 7.86. The maximum atomic E-state index is 5.62. The lowest BCUT2D eigenvalue weighted by molar-refractivity contribution is 0.141. The number of nitrogens with one attached hydrogen (secondary N) is 1. The van der Waals surface area contributed by atoms with Crippen LogP contribution in [-0.4, -0.2) is 13.2 Å². The summed E-state index contributed by atoms with van der Waals surface area (Å²) in [6.07, 6.45) is 2.02. The highest BCUT2D eigenvalue weighted by atomic mass is 16.5. The van der Waals surface area contributed by atoms with Crippen LogP contribution in [0.1, 0.15) is 42.5 Å². The van der Waals surface area contributed by atoms with Crippen molar-refractivity contribution in [2.75, 3.05) is 13.2 Å². The topological polar surface area (TPSA) is 47.3 Å². The Bertz CT molecular complexity index is 339. The first-order chi connectivity index (χ1) is 8.19. The molecular formula is C14H24N2O. The van der Waals surface area contributed by atoms with E-state index >= 15 is 0 Å². The number of benzene rings is 1. The van der Waals surface area contributed by atoms with Gasteiger partial charge in [0.1, 0.15) is 0 Å². The van der Waals surface area contributed by atoms with Gasteiger partial charge in [-0.15, -0.1) is 0 Å². The van der Waals surface area contributed by atoms with E-state index in [0.717, 1.165) is 26.1 Å². The van der Waals surface area contributed by atoms with E-state index in [4.69, 9.17) is 10.6 Å². The van der Waals surface area contributed by atoms with Crippen molar-refractivity contribution in [3.63, 3.8) is 0 Å². The van der Waals surface area contributed by atoms with Gasteiger partial charge < -0.3 is 4.74 Å². The van der Waals surface area contributed by atoms with Crippen molar-refractivity contribution in [1.82, 2.24) is 5.43 Å². The largest absolute Gasteiger partial charge is 0.382 e. The van der Waals surface area contributed by atoms with E-state index in [9.17, 15) is 0 Å². The lowest BCUT2D eigenvalue weighted by Gasteiger charge is -2.17. The number of aryl methyl sites for hydroxylation is 2. The second-order valence-corrected chi connectivity index (χ2v) is 4.40. The lowest BCUT2D eigenvalue weighted by Crippen LogP contribution is -2.28. The molecule has 0 aliphatic rings. The molecule has 0 saturated heterocycles. The molecule has 1 aromatic carbocycles. The van der Waals surface area contributed by atoms with Gasteiger partial charge in [0.15, 0.2) is 0 Å². The summed E-state index contributed by atoms with van der Waals surface area (Å²) in [6, 6.07) is 6.72. The van der Waals surface area contributed by atoms with Crippen molar-refractivity contribution in [3.8, 4) is 0 Å². The minimum absolute atomic E-state index is 0.217. The van der Waals surface area contributed by atoms with Gasteiger partial charge >= 0.3 is 0 Å². The van der Waals surface area contributed by atoms with Crippen molar-refractivity contribution >= 4 is 0 Å². The van der Waals surface area contributed by atoms with Crippen LogP contribution < -0.4 is 11.3 Å². The molecule has 17 heavy (non-hydrogen) atoms. The molecule has 0 fully saturated rings. The van der Waals surface area contributed by atoms with Gasteiger partial charge in [-0.1, -0.05) is 18.2 Å². The SMILES string of the molecule is CCOCCCC(NN)c1ccc(C)c(C)c1. The number of nitrogens with two attached hydrogens (primary N) is 1. The van der Waals surface area contributed by atoms with Crippen molar-refractivity contribution in [2.24, 2.45) is 5.84 Å². The van der Waals surface area contributed by atoms with E-state index in [1.165, 1.54) is 16.7 Å². The third-order valence-electron chi connectivity index (χ3n) is 3.12. The molecule has 3 heteroatoms. The Hall–Kier alpha value is -0.900. The summed E-state index contributed by atoms with van der Waals surface area (Å²) < 4.78 is 5.34. The van der Waals surface area contributed by atoms with Crippen LogP contribution in [-0.2, 0) is 4.74 Å². The molecule has 1 rings (SSSR count). The summed E-state index contributed by atoms with van der Waals surface area (Å²) in [7, 11) is 0. The van der Waals surface area contributed by atoms with Gasteiger partial charge in [0.2, 0.25) is 0 Å². The molecule has 0 saturated carbocycles. The average Bonchev–Trinajstić information content (AvgIpc) is 2.33. The normalized spacial score (nSPS) is 12.7. The summed E-state index contributed by atoms with van der Waals surface area (Å²) in [5, 5.41) is 0. The van der Waals surface area contributed by atoms with Gasteiger partial charge in [-0.3, -0.25) is 11.3 Å². The minimum atomic E-state index is 0.217. The first kappa shape index (κ1) is 14.2. The van der Waals surface area contributed by atoms with E-state index in [1.807, 2.05) is 6.92 Å². The first-order valence-electron chi connectivity index (χ1n) is 6.30. The van der Waals surface area contributed by atoms with Crippen LogP contribution >= 0.6 is 0 Å². The first-order valence-corrected chi connectivity index (χ1v) is 6.30. The van der Waals surface area contributed by atoms with Gasteiger partial charge in [0.05, 0.1) is 0 Å². The Balaban J connectivity index is 2.56. The number of ether oxygens (including phenoxy) is 1. The molecule has 0 radical (unpaired) electrons. The Kier molecular flexibility index (Phi) is 6.19. The second-order valence-electron chi connectivity index (χ2n) is 4.40. The smallest absolute Gasteiger partial charge is 0.0466 e. The van der Waals surface area contributed by atoms with Gasteiger partial charge in [0.25, 0.3) is 0 Å². The van der Waals surface area contributed by atoms with Crippen molar-refractivity contribution in [1.29, 1.82) is 0 Å². The lowest BCUT2D eigenvalue weighted by atomic mass is 9.98. The molecule has 0 aromatic heterocycles. The third kappa shape index (κ3) is 4.46. The van der Waals surface area contributed by atoms with Crippen molar-refractivity contribution in [2.45, 2.75) is 39.7 Å². The van der Waals surface area contributed by atoms with Crippen molar-refractivity contribution < 1.29 is 4.74 Å². The van der Waals surface area contributed by atoms with E-state index in [2.05, 4.69) is 37.5 Å². The monoisotopic (exact) mass is 236 g/mol. The molecule has 0 bridgehead atoms. The molecule has 0 amide bonds. The summed E-state index contributed by atoms with van der Waals surface area (Å²) >= 11 is 0. The molecule has 1 unspecified atom stereocenters. The fourth-order valence-corrected chi connectivity index (χ4v) is 1.86. The maximum Gasteiger partial charge on any atom is 0.0466 e. The van der Waals surface area contributed by atoms with Crippen LogP contribution in [0.4, 0.5) is 0 Å². The predicted molar refractivity (Wildman–Crippen MR) is 71.7 cm³/mol. The maximum absolute atomic E-state index is 5.62. The standard InChI is InChI=1S/C14H24N2O/c1-4-17-9-5-6-14(16-15)13-8-7-11(2)12(3)10-13/h7-8,10,14,16H,4-6,9,15H2,1-3H3. The van der Waals surface area contributed by atoms with E-state index in [1.54, 1.807) is 0 Å². The zero-order valence-electron chi connectivity index (χ0n) is 11.1. The molecule has 0 heterocycles. The molecule has 3 nitrogen and oxygen atoms in total. The second kappa shape index (κ2) is 7.43. The summed E-state index contributed by atoms with van der Waals surface area (Å²) in [5.41, 5.74) is 6.77. The molecule has 0 aliphatic heterocycles. The van der Waals surface area contributed by atoms with Crippen LogP contribution in [0.2, 0.25) is 0 Å². The summed E-state index contributed by atoms with van der Waals surface area (Å²) in [4.78, 5) is 0. The van der Waals surface area contributed by atoms with E-state index < -0.39 is 0 Å². The highest BCUT2D eigenvalue weighted by Gasteiger charge is 2.09. The quantitative estimate of drug-likeness (QED) is 0.434. The molecule has 3 N–H and O–H groups in total. The highest BCUT2D eigenvalue weighted by molar-refractivity contribution is 5.31. The number of hydrogen-bond donors (Lipinski definition) is 2. The van der Waals surface area contributed by atoms with Crippen molar-refractivity contribution in [3.05, 3.63) is 34.9 Å². The molecular weight excluding hydrogens is 212 g/mol. The number of hydrogen-bond acceptors (Lipinski definition) is 3. The van der Waals surface area contributed by atoms with Gasteiger partial charge in [-0.2, -0.15) is 0 Å². The van der Waals surface area contributed by atoms with Crippen LogP contribution in [0.25, 0.3) is 0 Å². The molecule has 1 aromatic rings. The number of hydrazine groups is 1. The average molecular weight is 236 g/mol. The van der Waals surface area contributed by atoms with E-state index in [0.29, 0.717) is 0 Å². The fraction of sp³-hybridized carbons (Fsp3) is 0.571. The van der Waals surface area contributed by atoms with Gasteiger partial charge in [-0.25, -0.2) is 0 Å². The number of rotatable bonds is 7. The zero-order chi connectivity index (χ0) is 12.7. The molecule has 96 valence electrons. The predicted octanol–water partition coefficient (Wildman–Crippen LogP) is 2.62. The highest BCUT2D eigenvalue weighted by Crippen LogP contribution is 2.20. The van der Waals surface area contributed by atoms with Crippen LogP contribution in [0.3, 0.4) is 0 Å². The fourth-order valence-electron chi connectivity index (χ4n) is 1.86. The van der Waals surface area contributed by atoms with Gasteiger partial charge in [-0.05, 0) is 50.3 Å². The third-order valence-corrected chi connectivity index (χ3v) is 3.12. The molecule has 1 atom stereocenters. The molecule has 0 aliphatic carbocycles. The van der Waals surface area contributed by atoms with Crippen LogP contribution in [0.15, 0.2) is 18.2 Å². The van der Waals surface area contributed by atoms with Crippen LogP contribution in [0, 0.1) is 13.8 Å². The Morgan fingerprint density at radius 1 is 1.29 bits per heavy atom. The minimum Gasteiger partial charge on any atom is -0.382 e. The van der Waals surface area contributed by atoms with E-state index in [-0.39, 0.29) is 6.04 Å². The summed E-state index contributed by atoms with van der Waals surface area (Å²) in [5.74, 6) is 5.62. The zero-order valence-corrected chi connectivity index (χ0v) is 11.1. The molecule has 0 spiro atoms. The Morgan fingerprint density at radius 2 is 2.06 bits per heavy atom.